The topological polar surface area (TPSA) is 68.3 Å². The minimum atomic E-state index is -0.279. The summed E-state index contributed by atoms with van der Waals surface area (Å²) < 4.78 is 5.46. The summed E-state index contributed by atoms with van der Waals surface area (Å²) in [5.74, 6) is -0.329. The molecule has 2 aromatic rings. The number of nitrogens with zero attached hydrogens (tertiary/aromatic N) is 1. The van der Waals surface area contributed by atoms with Crippen LogP contribution in [0.5, 0.6) is 0 Å². The van der Waals surface area contributed by atoms with E-state index in [0.717, 1.165) is 11.1 Å². The number of aromatic nitrogens is 1. The molecule has 0 fully saturated rings. The third-order valence-electron chi connectivity index (χ3n) is 3.35. The van der Waals surface area contributed by atoms with E-state index in [1.807, 2.05) is 26.0 Å². The molecule has 23 heavy (non-hydrogen) atoms. The second kappa shape index (κ2) is 7.48. The first-order valence-electron chi connectivity index (χ1n) is 7.29. The Morgan fingerprint density at radius 1 is 1.26 bits per heavy atom. The van der Waals surface area contributed by atoms with E-state index in [9.17, 15) is 9.59 Å². The molecule has 1 heterocycles. The molecular formula is C17H20N2O3S. The smallest absolute Gasteiger partial charge is 0.252 e. The fourth-order valence-corrected chi connectivity index (χ4v) is 3.07. The van der Waals surface area contributed by atoms with Gasteiger partial charge in [-0.05, 0) is 31.9 Å². The number of ether oxygens (including phenoxy) is 1. The lowest BCUT2D eigenvalue weighted by atomic mass is 10.1. The highest BCUT2D eigenvalue weighted by Gasteiger charge is 2.13. The number of amides is 1. The molecule has 1 aromatic heterocycles. The number of carbonyl (C=O) groups is 2. The van der Waals surface area contributed by atoms with E-state index in [0.29, 0.717) is 22.3 Å². The number of benzene rings is 1. The van der Waals surface area contributed by atoms with Gasteiger partial charge in [0.25, 0.3) is 5.91 Å². The fourth-order valence-electron chi connectivity index (χ4n) is 2.19. The predicted octanol–water partition coefficient (Wildman–Crippen LogP) is 3.43. The number of hydrogen-bond acceptors (Lipinski definition) is 5. The summed E-state index contributed by atoms with van der Waals surface area (Å²) >= 11 is 1.18. The lowest BCUT2D eigenvalue weighted by Crippen LogP contribution is -2.18. The SMILES string of the molecule is CC(=O)c1sc(NC(=O)COCc2ccc(C)cc2C)nc1C. The Labute approximate surface area is 139 Å². The average Bonchev–Trinajstić information content (AvgIpc) is 2.82. The molecule has 0 radical (unpaired) electrons. The molecule has 0 aliphatic rings. The Hall–Kier alpha value is -2.05. The second-order valence-corrected chi connectivity index (χ2v) is 6.46. The molecule has 0 atom stereocenters. The summed E-state index contributed by atoms with van der Waals surface area (Å²) in [6.07, 6.45) is 0. The average molecular weight is 332 g/mol. The Balaban J connectivity index is 1.85. The van der Waals surface area contributed by atoms with Gasteiger partial charge >= 0.3 is 0 Å². The van der Waals surface area contributed by atoms with Crippen molar-refractivity contribution < 1.29 is 14.3 Å². The van der Waals surface area contributed by atoms with Crippen molar-refractivity contribution in [1.82, 2.24) is 4.98 Å². The molecule has 122 valence electrons. The van der Waals surface area contributed by atoms with E-state index in [-0.39, 0.29) is 18.3 Å². The molecule has 0 spiro atoms. The van der Waals surface area contributed by atoms with E-state index in [1.165, 1.54) is 23.8 Å². The normalized spacial score (nSPS) is 10.6. The van der Waals surface area contributed by atoms with Gasteiger partial charge in [-0.15, -0.1) is 0 Å². The first-order valence-corrected chi connectivity index (χ1v) is 8.10. The van der Waals surface area contributed by atoms with E-state index in [1.54, 1.807) is 6.92 Å². The Morgan fingerprint density at radius 3 is 2.61 bits per heavy atom. The van der Waals surface area contributed by atoms with Gasteiger partial charge in [0.15, 0.2) is 10.9 Å². The summed E-state index contributed by atoms with van der Waals surface area (Å²) in [7, 11) is 0. The van der Waals surface area contributed by atoms with Crippen LogP contribution in [0.3, 0.4) is 0 Å². The fraction of sp³-hybridized carbons (Fsp3) is 0.353. The maximum Gasteiger partial charge on any atom is 0.252 e. The van der Waals surface area contributed by atoms with Crippen LogP contribution in [0, 0.1) is 20.8 Å². The van der Waals surface area contributed by atoms with Crippen molar-refractivity contribution in [3.8, 4) is 0 Å². The summed E-state index contributed by atoms with van der Waals surface area (Å²) in [6, 6.07) is 6.11. The van der Waals surface area contributed by atoms with E-state index in [4.69, 9.17) is 4.74 Å². The van der Waals surface area contributed by atoms with Crippen LogP contribution < -0.4 is 5.32 Å². The number of nitrogens with one attached hydrogen (secondary N) is 1. The molecule has 0 aliphatic carbocycles. The zero-order valence-electron chi connectivity index (χ0n) is 13.7. The molecule has 0 unspecified atom stereocenters. The predicted molar refractivity (Wildman–Crippen MR) is 91.1 cm³/mol. The van der Waals surface area contributed by atoms with Crippen LogP contribution in [0.15, 0.2) is 18.2 Å². The molecule has 0 bridgehead atoms. The third-order valence-corrected chi connectivity index (χ3v) is 4.53. The minimum absolute atomic E-state index is 0.0494. The van der Waals surface area contributed by atoms with E-state index in [2.05, 4.69) is 16.4 Å². The first-order chi connectivity index (χ1) is 10.9. The van der Waals surface area contributed by atoms with E-state index < -0.39 is 0 Å². The van der Waals surface area contributed by atoms with Crippen LogP contribution in [0.25, 0.3) is 0 Å². The van der Waals surface area contributed by atoms with Crippen LogP contribution in [0.2, 0.25) is 0 Å². The van der Waals surface area contributed by atoms with Crippen molar-refractivity contribution in [1.29, 1.82) is 0 Å². The number of ketones is 1. The number of carbonyl (C=O) groups excluding carboxylic acids is 2. The van der Waals surface area contributed by atoms with Gasteiger partial charge in [-0.2, -0.15) is 0 Å². The van der Waals surface area contributed by atoms with Gasteiger partial charge < -0.3 is 4.74 Å². The Kier molecular flexibility index (Phi) is 5.63. The summed E-state index contributed by atoms with van der Waals surface area (Å²) in [6.45, 7) is 7.62. The molecule has 2 rings (SSSR count). The monoisotopic (exact) mass is 332 g/mol. The van der Waals surface area contributed by atoms with Crippen LogP contribution >= 0.6 is 11.3 Å². The molecule has 0 saturated heterocycles. The molecule has 0 saturated carbocycles. The second-order valence-electron chi connectivity index (χ2n) is 5.46. The quantitative estimate of drug-likeness (QED) is 0.823. The Bertz CT molecular complexity index is 737. The molecule has 1 N–H and O–H groups in total. The summed E-state index contributed by atoms with van der Waals surface area (Å²) in [5.41, 5.74) is 4.04. The maximum absolute atomic E-state index is 11.9. The molecule has 1 aromatic carbocycles. The highest BCUT2D eigenvalue weighted by Crippen LogP contribution is 2.22. The summed E-state index contributed by atoms with van der Waals surface area (Å²) in [4.78, 5) is 28.0. The van der Waals surface area contributed by atoms with E-state index >= 15 is 0 Å². The van der Waals surface area contributed by atoms with Crippen molar-refractivity contribution >= 4 is 28.2 Å². The molecule has 6 heteroatoms. The van der Waals surface area contributed by atoms with Crippen LogP contribution in [-0.2, 0) is 16.1 Å². The van der Waals surface area contributed by atoms with Gasteiger partial charge in [-0.3, -0.25) is 14.9 Å². The van der Waals surface area contributed by atoms with Crippen molar-refractivity contribution in [2.24, 2.45) is 0 Å². The van der Waals surface area contributed by atoms with Crippen molar-refractivity contribution in [2.75, 3.05) is 11.9 Å². The molecule has 5 nitrogen and oxygen atoms in total. The number of thiazole rings is 1. The largest absolute Gasteiger partial charge is 0.367 e. The van der Waals surface area contributed by atoms with Crippen LogP contribution in [0.4, 0.5) is 5.13 Å². The van der Waals surface area contributed by atoms with Gasteiger partial charge in [0.05, 0.1) is 17.2 Å². The number of anilines is 1. The van der Waals surface area contributed by atoms with Gasteiger partial charge in [-0.25, -0.2) is 4.98 Å². The van der Waals surface area contributed by atoms with Gasteiger partial charge in [0.1, 0.15) is 6.61 Å². The number of hydrogen-bond donors (Lipinski definition) is 1. The standard InChI is InChI=1S/C17H20N2O3S/c1-10-5-6-14(11(2)7-10)8-22-9-15(21)19-17-18-12(3)16(23-17)13(4)20/h5-7H,8-9H2,1-4H3,(H,18,19,21). The highest BCUT2D eigenvalue weighted by atomic mass is 32.1. The van der Waals surface area contributed by atoms with Gasteiger partial charge in [-0.1, -0.05) is 35.1 Å². The number of Topliss-reactive ketones (excluding diaryl/α,β-unsaturated/α-hetero) is 1. The highest BCUT2D eigenvalue weighted by molar-refractivity contribution is 7.17. The van der Waals surface area contributed by atoms with Crippen molar-refractivity contribution in [2.45, 2.75) is 34.3 Å². The van der Waals surface area contributed by atoms with Crippen LogP contribution in [-0.4, -0.2) is 23.3 Å². The molecule has 1 amide bonds. The number of rotatable bonds is 6. The van der Waals surface area contributed by atoms with Crippen molar-refractivity contribution in [3.05, 3.63) is 45.5 Å². The third kappa shape index (κ3) is 4.71. The molecule has 0 aliphatic heterocycles. The first kappa shape index (κ1) is 17.3. The lowest BCUT2D eigenvalue weighted by Gasteiger charge is -2.08. The minimum Gasteiger partial charge on any atom is -0.367 e. The summed E-state index contributed by atoms with van der Waals surface area (Å²) in [5, 5.41) is 3.08. The maximum atomic E-state index is 11.9. The van der Waals surface area contributed by atoms with Gasteiger partial charge in [0.2, 0.25) is 0 Å². The van der Waals surface area contributed by atoms with Crippen molar-refractivity contribution in [3.63, 3.8) is 0 Å². The van der Waals surface area contributed by atoms with Crippen LogP contribution in [0.1, 0.15) is 39.0 Å². The van der Waals surface area contributed by atoms with Gasteiger partial charge in [0, 0.05) is 6.92 Å². The molecular weight excluding hydrogens is 312 g/mol. The zero-order chi connectivity index (χ0) is 17.0. The zero-order valence-corrected chi connectivity index (χ0v) is 14.5. The lowest BCUT2D eigenvalue weighted by molar-refractivity contribution is -0.121. The number of aryl methyl sites for hydroxylation is 3. The Morgan fingerprint density at radius 2 is 2.00 bits per heavy atom.